The lowest BCUT2D eigenvalue weighted by Crippen LogP contribution is -1.61. The van der Waals surface area contributed by atoms with Crippen LogP contribution in [0.15, 0.2) is 38.0 Å². The molecule has 0 aliphatic heterocycles. The molecule has 0 saturated heterocycles. The molecule has 0 heteroatoms. The molecule has 0 spiro atoms. The minimum Gasteiger partial charge on any atom is -0.103 e. The van der Waals surface area contributed by atoms with Crippen LogP contribution >= 0.6 is 0 Å². The summed E-state index contributed by atoms with van der Waals surface area (Å²) in [4.78, 5) is 0. The lowest BCUT2D eigenvalue weighted by molar-refractivity contribution is 0.816. The van der Waals surface area contributed by atoms with Crippen LogP contribution in [-0.2, 0) is 0 Å². The monoisotopic (exact) mass is 196 g/mol. The lowest BCUT2D eigenvalue weighted by Gasteiger charge is -1.81. The first-order valence-corrected chi connectivity index (χ1v) is 5.57. The summed E-state index contributed by atoms with van der Waals surface area (Å²) >= 11 is 0. The van der Waals surface area contributed by atoms with Crippen molar-refractivity contribution < 1.29 is 0 Å². The van der Waals surface area contributed by atoms with E-state index in [0.29, 0.717) is 0 Å². The van der Waals surface area contributed by atoms with Gasteiger partial charge >= 0.3 is 0 Å². The van der Waals surface area contributed by atoms with Crippen LogP contribution in [0.2, 0.25) is 0 Å². The maximum Gasteiger partial charge on any atom is -0.0354 e. The Balaban J connectivity index is -0.000000135. The highest BCUT2D eigenvalue weighted by atomic mass is 13.8. The minimum absolute atomic E-state index is 1.08. The zero-order valence-corrected chi connectivity index (χ0v) is 10.4. The summed E-state index contributed by atoms with van der Waals surface area (Å²) in [5, 5.41) is 0. The first-order chi connectivity index (χ1) is 6.74. The second-order valence-corrected chi connectivity index (χ2v) is 2.82. The van der Waals surface area contributed by atoms with E-state index in [4.69, 9.17) is 0 Å². The van der Waals surface area contributed by atoms with Gasteiger partial charge in [-0.15, -0.1) is 19.7 Å². The average molecular weight is 196 g/mol. The molecule has 0 amide bonds. The molecule has 0 atom stereocenters. The zero-order chi connectivity index (χ0) is 11.7. The lowest BCUT2D eigenvalue weighted by atomic mass is 10.3. The Kier molecular flexibility index (Phi) is 39.8. The molecule has 84 valence electrons. The largest absolute Gasteiger partial charge is 0.103 e. The van der Waals surface area contributed by atoms with E-state index in [9.17, 15) is 0 Å². The van der Waals surface area contributed by atoms with Crippen molar-refractivity contribution in [2.24, 2.45) is 0 Å². The third kappa shape index (κ3) is 65.8. The van der Waals surface area contributed by atoms with Crippen LogP contribution in [0.1, 0.15) is 52.9 Å². The fourth-order valence-corrected chi connectivity index (χ4v) is 0.348. The van der Waals surface area contributed by atoms with E-state index in [-0.39, 0.29) is 0 Å². The fourth-order valence-electron chi connectivity index (χ4n) is 0.348. The van der Waals surface area contributed by atoms with E-state index >= 15 is 0 Å². The van der Waals surface area contributed by atoms with Gasteiger partial charge in [0.05, 0.1) is 0 Å². The molecule has 0 heterocycles. The van der Waals surface area contributed by atoms with Crippen LogP contribution in [0.25, 0.3) is 0 Å². The normalized spacial score (nSPS) is 7.07. The topological polar surface area (TPSA) is 0 Å². The Labute approximate surface area is 91.4 Å². The smallest absolute Gasteiger partial charge is 0.0354 e. The molecule has 0 fully saturated rings. The van der Waals surface area contributed by atoms with Crippen molar-refractivity contribution in [2.45, 2.75) is 52.9 Å². The molecule has 0 rings (SSSR count). The molecule has 0 unspecified atom stereocenters. The van der Waals surface area contributed by atoms with Gasteiger partial charge in [0.1, 0.15) is 0 Å². The van der Waals surface area contributed by atoms with Crippen molar-refractivity contribution in [3.63, 3.8) is 0 Å². The third-order valence-electron chi connectivity index (χ3n) is 1.34. The second-order valence-electron chi connectivity index (χ2n) is 2.82. The summed E-state index contributed by atoms with van der Waals surface area (Å²) in [5.74, 6) is 0. The Morgan fingerprint density at radius 3 is 1.21 bits per heavy atom. The summed E-state index contributed by atoms with van der Waals surface area (Å²) in [6, 6.07) is 0. The van der Waals surface area contributed by atoms with Crippen molar-refractivity contribution in [1.82, 2.24) is 0 Å². The summed E-state index contributed by atoms with van der Waals surface area (Å²) in [6.07, 6.45) is 11.6. The van der Waals surface area contributed by atoms with E-state index in [1.165, 1.54) is 19.3 Å². The molecule has 0 saturated carbocycles. The second kappa shape index (κ2) is 29.5. The predicted molar refractivity (Wildman–Crippen MR) is 70.7 cm³/mol. The molecule has 0 aliphatic carbocycles. The van der Waals surface area contributed by atoms with E-state index in [1.54, 1.807) is 0 Å². The highest BCUT2D eigenvalue weighted by molar-refractivity contribution is 4.64. The molecule has 0 aromatic heterocycles. The van der Waals surface area contributed by atoms with Crippen LogP contribution in [0, 0.1) is 0 Å². The van der Waals surface area contributed by atoms with Crippen molar-refractivity contribution in [3.8, 4) is 0 Å². The molecular formula is C14H28. The Morgan fingerprint density at radius 2 is 1.14 bits per heavy atom. The first kappa shape index (κ1) is 18.9. The number of hydrogen-bond acceptors (Lipinski definition) is 0. The summed E-state index contributed by atoms with van der Waals surface area (Å²) in [5.41, 5.74) is 0. The summed E-state index contributed by atoms with van der Waals surface area (Å²) < 4.78 is 0. The highest BCUT2D eigenvalue weighted by Gasteiger charge is 1.71. The number of allylic oxidation sites excluding steroid dienone is 3. The predicted octanol–water partition coefficient (Wildman–Crippen LogP) is 5.53. The summed E-state index contributed by atoms with van der Waals surface area (Å²) in [7, 11) is 0. The van der Waals surface area contributed by atoms with Gasteiger partial charge in [0.2, 0.25) is 0 Å². The van der Waals surface area contributed by atoms with Gasteiger partial charge in [-0.05, 0) is 19.3 Å². The highest BCUT2D eigenvalue weighted by Crippen LogP contribution is 1.91. The zero-order valence-electron chi connectivity index (χ0n) is 10.4. The number of hydrogen-bond donors (Lipinski definition) is 0. The molecule has 0 aromatic rings. The van der Waals surface area contributed by atoms with E-state index in [0.717, 1.165) is 12.8 Å². The van der Waals surface area contributed by atoms with Gasteiger partial charge in [-0.2, -0.15) is 0 Å². The molecule has 0 aromatic carbocycles. The van der Waals surface area contributed by atoms with E-state index in [1.807, 2.05) is 18.2 Å². The van der Waals surface area contributed by atoms with Gasteiger partial charge in [0.15, 0.2) is 0 Å². The quantitative estimate of drug-likeness (QED) is 0.401. The Hall–Kier alpha value is -0.780. The third-order valence-corrected chi connectivity index (χ3v) is 1.34. The minimum atomic E-state index is 1.08. The van der Waals surface area contributed by atoms with Crippen LogP contribution < -0.4 is 0 Å². The number of rotatable bonds is 5. The van der Waals surface area contributed by atoms with Gasteiger partial charge in [0, 0.05) is 0 Å². The molecule has 0 nitrogen and oxygen atoms in total. The molecule has 0 bridgehead atoms. The molecular weight excluding hydrogens is 168 g/mol. The van der Waals surface area contributed by atoms with Gasteiger partial charge in [-0.3, -0.25) is 0 Å². The first-order valence-electron chi connectivity index (χ1n) is 5.57. The van der Waals surface area contributed by atoms with Crippen LogP contribution in [-0.4, -0.2) is 0 Å². The standard InChI is InChI=1S/C6H12.2C4H8/c1-3-5-6-4-2;2*1-3-4-2/h3H,1,4-6H2,2H3;2*3H,1,4H2,2H3. The van der Waals surface area contributed by atoms with Crippen LogP contribution in [0.5, 0.6) is 0 Å². The Morgan fingerprint density at radius 1 is 0.786 bits per heavy atom. The van der Waals surface area contributed by atoms with Gasteiger partial charge in [0.25, 0.3) is 0 Å². The maximum absolute atomic E-state index is 3.60. The van der Waals surface area contributed by atoms with Crippen molar-refractivity contribution in [2.75, 3.05) is 0 Å². The van der Waals surface area contributed by atoms with Gasteiger partial charge in [-0.1, -0.05) is 51.8 Å². The van der Waals surface area contributed by atoms with Crippen molar-refractivity contribution >= 4 is 0 Å². The molecule has 0 aliphatic rings. The van der Waals surface area contributed by atoms with Crippen molar-refractivity contribution in [3.05, 3.63) is 38.0 Å². The summed E-state index contributed by atoms with van der Waals surface area (Å²) in [6.45, 7) is 16.9. The van der Waals surface area contributed by atoms with Gasteiger partial charge < -0.3 is 0 Å². The van der Waals surface area contributed by atoms with Crippen LogP contribution in [0.3, 0.4) is 0 Å². The molecule has 14 heavy (non-hydrogen) atoms. The van der Waals surface area contributed by atoms with Crippen molar-refractivity contribution in [1.29, 1.82) is 0 Å². The number of unbranched alkanes of at least 4 members (excludes halogenated alkanes) is 2. The van der Waals surface area contributed by atoms with Crippen LogP contribution in [0.4, 0.5) is 0 Å². The SMILES string of the molecule is C=CCC.C=CCC.C=CCCCC. The average Bonchev–Trinajstić information content (AvgIpc) is 2.27. The van der Waals surface area contributed by atoms with E-state index in [2.05, 4.69) is 40.5 Å². The maximum atomic E-state index is 3.60. The molecule has 0 N–H and O–H groups in total. The molecule has 0 radical (unpaired) electrons. The fraction of sp³-hybridized carbons (Fsp3) is 0.571. The van der Waals surface area contributed by atoms with E-state index < -0.39 is 0 Å². The Bertz CT molecular complexity index is 92.6. The van der Waals surface area contributed by atoms with Gasteiger partial charge in [-0.25, -0.2) is 0 Å².